The third-order valence-electron chi connectivity index (χ3n) is 3.27. The Hall–Kier alpha value is -1.26. The zero-order valence-corrected chi connectivity index (χ0v) is 14.4. The number of rotatable bonds is 5. The minimum absolute atomic E-state index is 0.0518. The maximum atomic E-state index is 12.3. The first kappa shape index (κ1) is 16.1. The van der Waals surface area contributed by atoms with Gasteiger partial charge in [0.1, 0.15) is 5.69 Å². The highest BCUT2D eigenvalue weighted by atomic mass is 79.9. The molecule has 2 rings (SSSR count). The summed E-state index contributed by atoms with van der Waals surface area (Å²) in [7, 11) is 0. The average Bonchev–Trinajstić information content (AvgIpc) is 2.82. The highest BCUT2D eigenvalue weighted by Crippen LogP contribution is 2.15. The van der Waals surface area contributed by atoms with Crippen molar-refractivity contribution in [3.8, 4) is 0 Å². The number of aryl methyl sites for hydroxylation is 1. The molecule has 112 valence electrons. The fourth-order valence-electron chi connectivity index (χ4n) is 2.25. The Kier molecular flexibility index (Phi) is 5.48. The number of nitrogens with one attached hydrogen (secondary N) is 1. The number of halogens is 2. The zero-order valence-electron chi connectivity index (χ0n) is 12.1. The molecule has 0 aliphatic rings. The van der Waals surface area contributed by atoms with Gasteiger partial charge in [-0.2, -0.15) is 0 Å². The molecule has 0 bridgehead atoms. The van der Waals surface area contributed by atoms with E-state index in [0.717, 1.165) is 28.0 Å². The third kappa shape index (κ3) is 4.35. The number of hydrogen-bond donors (Lipinski definition) is 1. The van der Waals surface area contributed by atoms with Crippen LogP contribution in [-0.4, -0.2) is 16.5 Å². The Bertz CT molecular complexity index is 622. The largest absolute Gasteiger partial charge is 0.348 e. The first-order chi connectivity index (χ1) is 9.99. The molecule has 0 aliphatic heterocycles. The van der Waals surface area contributed by atoms with Crippen molar-refractivity contribution in [2.45, 2.75) is 32.9 Å². The van der Waals surface area contributed by atoms with Crippen LogP contribution in [-0.2, 0) is 13.0 Å². The smallest absolute Gasteiger partial charge is 0.268 e. The lowest BCUT2D eigenvalue weighted by Crippen LogP contribution is -2.35. The van der Waals surface area contributed by atoms with Crippen LogP contribution in [0.25, 0.3) is 0 Å². The molecule has 3 nitrogen and oxygen atoms in total. The van der Waals surface area contributed by atoms with Gasteiger partial charge in [0.25, 0.3) is 5.91 Å². The molecule has 0 aliphatic carbocycles. The second-order valence-corrected chi connectivity index (χ2v) is 6.39. The van der Waals surface area contributed by atoms with Crippen molar-refractivity contribution in [2.24, 2.45) is 0 Å². The predicted molar refractivity (Wildman–Crippen MR) is 89.9 cm³/mol. The van der Waals surface area contributed by atoms with Gasteiger partial charge in [-0.3, -0.25) is 4.79 Å². The van der Waals surface area contributed by atoms with Gasteiger partial charge in [-0.25, -0.2) is 0 Å². The lowest BCUT2D eigenvalue weighted by molar-refractivity contribution is 0.0931. The van der Waals surface area contributed by atoms with Crippen molar-refractivity contribution < 1.29 is 4.79 Å². The van der Waals surface area contributed by atoms with Crippen LogP contribution in [0.1, 0.15) is 29.9 Å². The van der Waals surface area contributed by atoms with Crippen LogP contribution >= 0.6 is 27.5 Å². The summed E-state index contributed by atoms with van der Waals surface area (Å²) in [4.78, 5) is 12.3. The van der Waals surface area contributed by atoms with E-state index in [2.05, 4.69) is 21.2 Å². The zero-order chi connectivity index (χ0) is 15.4. The van der Waals surface area contributed by atoms with Gasteiger partial charge in [0, 0.05) is 28.3 Å². The van der Waals surface area contributed by atoms with Crippen molar-refractivity contribution in [3.05, 3.63) is 57.3 Å². The number of nitrogens with zero attached hydrogens (tertiary/aromatic N) is 1. The van der Waals surface area contributed by atoms with Crippen LogP contribution in [0.2, 0.25) is 5.02 Å². The fourth-order valence-corrected chi connectivity index (χ4v) is 2.84. The van der Waals surface area contributed by atoms with E-state index in [9.17, 15) is 4.79 Å². The molecule has 0 saturated heterocycles. The van der Waals surface area contributed by atoms with E-state index in [1.165, 1.54) is 0 Å². The number of amides is 1. The van der Waals surface area contributed by atoms with Gasteiger partial charge in [0.2, 0.25) is 0 Å². The quantitative estimate of drug-likeness (QED) is 0.838. The summed E-state index contributed by atoms with van der Waals surface area (Å²) >= 11 is 9.28. The Morgan fingerprint density at radius 1 is 1.38 bits per heavy atom. The summed E-state index contributed by atoms with van der Waals surface area (Å²) in [5.41, 5.74) is 1.83. The molecule has 0 fully saturated rings. The first-order valence-electron chi connectivity index (χ1n) is 6.90. The van der Waals surface area contributed by atoms with Crippen molar-refractivity contribution >= 4 is 33.4 Å². The number of aromatic nitrogens is 1. The van der Waals surface area contributed by atoms with Crippen LogP contribution in [0.15, 0.2) is 41.0 Å². The van der Waals surface area contributed by atoms with E-state index in [1.807, 2.05) is 54.9 Å². The molecular formula is C16H18BrClN2O. The molecule has 0 radical (unpaired) electrons. The van der Waals surface area contributed by atoms with Crippen LogP contribution < -0.4 is 5.32 Å². The van der Waals surface area contributed by atoms with Gasteiger partial charge in [-0.15, -0.1) is 0 Å². The molecule has 1 N–H and O–H groups in total. The second-order valence-electron chi connectivity index (χ2n) is 5.03. The minimum Gasteiger partial charge on any atom is -0.348 e. The van der Waals surface area contributed by atoms with Crippen molar-refractivity contribution in [2.75, 3.05) is 0 Å². The minimum atomic E-state index is -0.0518. The number of carbonyl (C=O) groups excluding carboxylic acids is 1. The van der Waals surface area contributed by atoms with Gasteiger partial charge in [-0.1, -0.05) is 23.7 Å². The molecule has 5 heteroatoms. The van der Waals surface area contributed by atoms with Crippen LogP contribution in [0.3, 0.4) is 0 Å². The van der Waals surface area contributed by atoms with E-state index in [1.54, 1.807) is 0 Å². The standard InChI is InChI=1S/C16H18BrClN2O/c1-3-20-10-13(17)9-15(20)16(21)19-11(2)8-12-4-6-14(18)7-5-12/h4-7,9-11H,3,8H2,1-2H3,(H,19,21). The van der Waals surface area contributed by atoms with Gasteiger partial charge in [-0.05, 0) is 60.0 Å². The molecule has 1 aromatic carbocycles. The van der Waals surface area contributed by atoms with Crippen LogP contribution in [0.5, 0.6) is 0 Å². The van der Waals surface area contributed by atoms with Gasteiger partial charge < -0.3 is 9.88 Å². The molecule has 1 aromatic heterocycles. The molecule has 0 spiro atoms. The SMILES string of the molecule is CCn1cc(Br)cc1C(=O)NC(C)Cc1ccc(Cl)cc1. The highest BCUT2D eigenvalue weighted by Gasteiger charge is 2.14. The van der Waals surface area contributed by atoms with Gasteiger partial charge >= 0.3 is 0 Å². The predicted octanol–water partition coefficient (Wildman–Crippen LogP) is 4.28. The Morgan fingerprint density at radius 3 is 2.67 bits per heavy atom. The van der Waals surface area contributed by atoms with Crippen LogP contribution in [0, 0.1) is 0 Å². The van der Waals surface area contributed by atoms with E-state index in [0.29, 0.717) is 5.69 Å². The maximum Gasteiger partial charge on any atom is 0.268 e. The van der Waals surface area contributed by atoms with Gasteiger partial charge in [0.15, 0.2) is 0 Å². The summed E-state index contributed by atoms with van der Waals surface area (Å²) in [5, 5.41) is 3.76. The molecule has 21 heavy (non-hydrogen) atoms. The summed E-state index contributed by atoms with van der Waals surface area (Å²) in [6.45, 7) is 4.78. The Morgan fingerprint density at radius 2 is 2.05 bits per heavy atom. The Labute approximate surface area is 138 Å². The molecule has 1 amide bonds. The maximum absolute atomic E-state index is 12.3. The first-order valence-corrected chi connectivity index (χ1v) is 8.07. The summed E-state index contributed by atoms with van der Waals surface area (Å²) in [6, 6.07) is 9.59. The molecule has 1 unspecified atom stereocenters. The summed E-state index contributed by atoms with van der Waals surface area (Å²) < 4.78 is 2.84. The lowest BCUT2D eigenvalue weighted by atomic mass is 10.1. The summed E-state index contributed by atoms with van der Waals surface area (Å²) in [5.74, 6) is -0.0518. The van der Waals surface area contributed by atoms with Gasteiger partial charge in [0.05, 0.1) is 0 Å². The molecule has 2 aromatic rings. The monoisotopic (exact) mass is 368 g/mol. The fraction of sp³-hybridized carbons (Fsp3) is 0.312. The highest BCUT2D eigenvalue weighted by molar-refractivity contribution is 9.10. The van der Waals surface area contributed by atoms with E-state index >= 15 is 0 Å². The number of carbonyl (C=O) groups is 1. The third-order valence-corrected chi connectivity index (χ3v) is 3.95. The second kappa shape index (κ2) is 7.14. The Balaban J connectivity index is 2.00. The van der Waals surface area contributed by atoms with Crippen LogP contribution in [0.4, 0.5) is 0 Å². The molecule has 1 atom stereocenters. The topological polar surface area (TPSA) is 34.0 Å². The van der Waals surface area contributed by atoms with Crippen molar-refractivity contribution in [3.63, 3.8) is 0 Å². The van der Waals surface area contributed by atoms with Crippen molar-refractivity contribution in [1.29, 1.82) is 0 Å². The summed E-state index contributed by atoms with van der Waals surface area (Å²) in [6.07, 6.45) is 2.69. The van der Waals surface area contributed by atoms with E-state index < -0.39 is 0 Å². The van der Waals surface area contributed by atoms with E-state index in [-0.39, 0.29) is 11.9 Å². The lowest BCUT2D eigenvalue weighted by Gasteiger charge is -2.15. The van der Waals surface area contributed by atoms with Crippen molar-refractivity contribution in [1.82, 2.24) is 9.88 Å². The normalized spacial score (nSPS) is 12.2. The molecule has 0 saturated carbocycles. The number of benzene rings is 1. The average molecular weight is 370 g/mol. The molecular weight excluding hydrogens is 352 g/mol. The molecule has 1 heterocycles. The number of hydrogen-bond acceptors (Lipinski definition) is 1. The van der Waals surface area contributed by atoms with E-state index in [4.69, 9.17) is 11.6 Å².